The highest BCUT2D eigenvalue weighted by atomic mass is 79.9. The highest BCUT2D eigenvalue weighted by molar-refractivity contribution is 9.10. The van der Waals surface area contributed by atoms with Gasteiger partial charge in [-0.1, -0.05) is 28.1 Å². The largest absolute Gasteiger partial charge is 0.378 e. The van der Waals surface area contributed by atoms with Crippen LogP contribution < -0.4 is 5.73 Å². The summed E-state index contributed by atoms with van der Waals surface area (Å²) in [5.41, 5.74) is 7.32. The van der Waals surface area contributed by atoms with E-state index in [1.54, 1.807) is 0 Å². The third-order valence-electron chi connectivity index (χ3n) is 2.84. The quantitative estimate of drug-likeness (QED) is 0.916. The van der Waals surface area contributed by atoms with Gasteiger partial charge in [-0.3, -0.25) is 0 Å². The van der Waals surface area contributed by atoms with Crippen LogP contribution in [0.3, 0.4) is 0 Å². The van der Waals surface area contributed by atoms with E-state index in [9.17, 15) is 0 Å². The molecule has 1 aromatic carbocycles. The molecule has 2 rings (SSSR count). The highest BCUT2D eigenvalue weighted by Crippen LogP contribution is 2.24. The van der Waals surface area contributed by atoms with Gasteiger partial charge in [0.2, 0.25) is 0 Å². The molecule has 2 unspecified atom stereocenters. The Morgan fingerprint density at radius 2 is 2.13 bits per heavy atom. The number of benzene rings is 1. The van der Waals surface area contributed by atoms with Gasteiger partial charge < -0.3 is 10.5 Å². The van der Waals surface area contributed by atoms with Gasteiger partial charge in [0.15, 0.2) is 0 Å². The van der Waals surface area contributed by atoms with Crippen LogP contribution in [0, 0.1) is 0 Å². The van der Waals surface area contributed by atoms with E-state index in [1.165, 1.54) is 12.0 Å². The Morgan fingerprint density at radius 1 is 1.40 bits per heavy atom. The molecule has 0 aromatic heterocycles. The Bertz CT molecular complexity index is 306. The lowest BCUT2D eigenvalue weighted by atomic mass is 10.0. The first-order valence-electron chi connectivity index (χ1n) is 5.38. The number of hydrogen-bond donors (Lipinski definition) is 1. The van der Waals surface area contributed by atoms with Crippen LogP contribution in [-0.4, -0.2) is 12.7 Å². The van der Waals surface area contributed by atoms with Gasteiger partial charge >= 0.3 is 0 Å². The monoisotopic (exact) mass is 269 g/mol. The van der Waals surface area contributed by atoms with Crippen LogP contribution in [0.1, 0.15) is 30.9 Å². The zero-order valence-electron chi connectivity index (χ0n) is 8.66. The average molecular weight is 270 g/mol. The normalized spacial score (nSPS) is 22.9. The number of hydrogen-bond acceptors (Lipinski definition) is 2. The molecule has 1 fully saturated rings. The summed E-state index contributed by atoms with van der Waals surface area (Å²) >= 11 is 3.42. The van der Waals surface area contributed by atoms with Gasteiger partial charge in [0.05, 0.1) is 6.10 Å². The minimum absolute atomic E-state index is 0.0983. The molecule has 2 atom stereocenters. The van der Waals surface area contributed by atoms with Crippen LogP contribution in [0.4, 0.5) is 0 Å². The molecule has 2 N–H and O–H groups in total. The smallest absolute Gasteiger partial charge is 0.0594 e. The Hall–Kier alpha value is -0.380. The zero-order valence-corrected chi connectivity index (χ0v) is 10.2. The lowest BCUT2D eigenvalue weighted by Crippen LogP contribution is -2.18. The molecule has 0 bridgehead atoms. The van der Waals surface area contributed by atoms with Crippen LogP contribution in [0.5, 0.6) is 0 Å². The van der Waals surface area contributed by atoms with Crippen molar-refractivity contribution in [3.05, 3.63) is 34.3 Å². The van der Waals surface area contributed by atoms with Gasteiger partial charge in [-0.15, -0.1) is 0 Å². The van der Waals surface area contributed by atoms with E-state index in [0.29, 0.717) is 6.10 Å². The maximum absolute atomic E-state index is 6.13. The van der Waals surface area contributed by atoms with Crippen molar-refractivity contribution in [2.45, 2.75) is 31.4 Å². The summed E-state index contributed by atoms with van der Waals surface area (Å²) in [6.45, 7) is 0.901. The summed E-state index contributed by atoms with van der Waals surface area (Å²) in [7, 11) is 0. The van der Waals surface area contributed by atoms with E-state index >= 15 is 0 Å². The molecule has 0 aliphatic carbocycles. The summed E-state index contributed by atoms with van der Waals surface area (Å²) in [5, 5.41) is 0. The number of halogens is 1. The summed E-state index contributed by atoms with van der Waals surface area (Å²) in [4.78, 5) is 0. The maximum atomic E-state index is 6.13. The number of rotatable bonds is 3. The molecule has 1 aliphatic heterocycles. The Kier molecular flexibility index (Phi) is 3.78. The predicted octanol–water partition coefficient (Wildman–Crippen LogP) is 3.02. The molecular formula is C12H16BrNO. The van der Waals surface area contributed by atoms with E-state index in [4.69, 9.17) is 10.5 Å². The van der Waals surface area contributed by atoms with E-state index in [-0.39, 0.29) is 6.04 Å². The van der Waals surface area contributed by atoms with Crippen molar-refractivity contribution >= 4 is 15.9 Å². The van der Waals surface area contributed by atoms with Crippen molar-refractivity contribution in [2.24, 2.45) is 5.73 Å². The third-order valence-corrected chi connectivity index (χ3v) is 3.37. The molecule has 1 aliphatic rings. The minimum Gasteiger partial charge on any atom is -0.378 e. The topological polar surface area (TPSA) is 35.2 Å². The summed E-state index contributed by atoms with van der Waals surface area (Å²) < 4.78 is 6.67. The molecule has 0 radical (unpaired) electrons. The minimum atomic E-state index is 0.0983. The fourth-order valence-electron chi connectivity index (χ4n) is 1.96. The van der Waals surface area contributed by atoms with Crippen molar-refractivity contribution in [3.63, 3.8) is 0 Å². The first kappa shape index (κ1) is 11.1. The molecule has 82 valence electrons. The van der Waals surface area contributed by atoms with Crippen LogP contribution in [0.25, 0.3) is 0 Å². The average Bonchev–Trinajstić information content (AvgIpc) is 2.71. The zero-order chi connectivity index (χ0) is 10.7. The van der Waals surface area contributed by atoms with Crippen molar-refractivity contribution in [3.8, 4) is 0 Å². The molecule has 15 heavy (non-hydrogen) atoms. The fourth-order valence-corrected chi connectivity index (χ4v) is 2.22. The molecular weight excluding hydrogens is 254 g/mol. The molecule has 1 heterocycles. The summed E-state index contributed by atoms with van der Waals surface area (Å²) in [6.07, 6.45) is 3.63. The fraction of sp³-hybridized carbons (Fsp3) is 0.500. The second kappa shape index (κ2) is 5.10. The molecule has 2 nitrogen and oxygen atoms in total. The predicted molar refractivity (Wildman–Crippen MR) is 64.7 cm³/mol. The number of nitrogens with two attached hydrogens (primary N) is 1. The first-order valence-corrected chi connectivity index (χ1v) is 6.17. The second-order valence-electron chi connectivity index (χ2n) is 4.03. The van der Waals surface area contributed by atoms with Gasteiger partial charge in [-0.05, 0) is 37.0 Å². The van der Waals surface area contributed by atoms with Crippen LogP contribution in [0.15, 0.2) is 28.7 Å². The van der Waals surface area contributed by atoms with Crippen molar-refractivity contribution in [1.82, 2.24) is 0 Å². The van der Waals surface area contributed by atoms with Crippen molar-refractivity contribution < 1.29 is 4.74 Å². The van der Waals surface area contributed by atoms with Crippen molar-refractivity contribution in [2.75, 3.05) is 6.61 Å². The maximum Gasteiger partial charge on any atom is 0.0594 e. The van der Waals surface area contributed by atoms with Gasteiger partial charge in [0.25, 0.3) is 0 Å². The van der Waals surface area contributed by atoms with E-state index in [0.717, 1.165) is 23.9 Å². The summed E-state index contributed by atoms with van der Waals surface area (Å²) in [6, 6.07) is 8.31. The summed E-state index contributed by atoms with van der Waals surface area (Å²) in [5.74, 6) is 0. The van der Waals surface area contributed by atoms with Crippen molar-refractivity contribution in [1.29, 1.82) is 0 Å². The number of ether oxygens (including phenoxy) is 1. The molecule has 0 amide bonds. The Balaban J connectivity index is 1.94. The van der Waals surface area contributed by atoms with E-state index < -0.39 is 0 Å². The molecule has 0 saturated carbocycles. The van der Waals surface area contributed by atoms with Crippen LogP contribution in [-0.2, 0) is 4.74 Å². The van der Waals surface area contributed by atoms with E-state index in [2.05, 4.69) is 28.1 Å². The lowest BCUT2D eigenvalue weighted by molar-refractivity contribution is 0.0983. The van der Waals surface area contributed by atoms with Crippen LogP contribution >= 0.6 is 15.9 Å². The molecule has 1 saturated heterocycles. The van der Waals surface area contributed by atoms with Gasteiger partial charge in [-0.2, -0.15) is 0 Å². The molecule has 0 spiro atoms. The highest BCUT2D eigenvalue weighted by Gasteiger charge is 2.19. The van der Waals surface area contributed by atoms with E-state index in [1.807, 2.05) is 12.1 Å². The standard InChI is InChI=1S/C12H16BrNO/c13-10-5-3-9(4-6-10)12(14)8-11-2-1-7-15-11/h3-6,11-12H,1-2,7-8,14H2. The Morgan fingerprint density at radius 3 is 2.73 bits per heavy atom. The SMILES string of the molecule is NC(CC1CCCO1)c1ccc(Br)cc1. The Labute approximate surface area is 98.9 Å². The lowest BCUT2D eigenvalue weighted by Gasteiger charge is -2.16. The molecule has 3 heteroatoms. The van der Waals surface area contributed by atoms with Gasteiger partial charge in [-0.25, -0.2) is 0 Å². The van der Waals surface area contributed by atoms with Gasteiger partial charge in [0, 0.05) is 17.1 Å². The van der Waals surface area contributed by atoms with Crippen LogP contribution in [0.2, 0.25) is 0 Å². The first-order chi connectivity index (χ1) is 7.25. The second-order valence-corrected chi connectivity index (χ2v) is 4.94. The molecule has 1 aromatic rings. The third kappa shape index (κ3) is 3.03. The van der Waals surface area contributed by atoms with Gasteiger partial charge in [0.1, 0.15) is 0 Å².